The largest absolute Gasteiger partial charge is 0.497 e. The number of amides is 1. The molecule has 162 valence electrons. The molecular formula is C24H26N2O4S. The monoisotopic (exact) mass is 438 g/mol. The van der Waals surface area contributed by atoms with E-state index in [0.717, 1.165) is 22.1 Å². The number of carbonyl (C=O) groups excluding carboxylic acids is 1. The van der Waals surface area contributed by atoms with Gasteiger partial charge in [-0.05, 0) is 59.5 Å². The van der Waals surface area contributed by atoms with Crippen molar-refractivity contribution in [3.05, 3.63) is 72.3 Å². The number of methoxy groups -OCH3 is 1. The maximum atomic E-state index is 12.9. The van der Waals surface area contributed by atoms with Crippen molar-refractivity contribution in [1.29, 1.82) is 0 Å². The van der Waals surface area contributed by atoms with Crippen LogP contribution in [0.25, 0.3) is 10.8 Å². The number of nitrogens with one attached hydrogen (secondary N) is 1. The van der Waals surface area contributed by atoms with Crippen LogP contribution in [0.1, 0.15) is 18.4 Å². The van der Waals surface area contributed by atoms with E-state index in [-0.39, 0.29) is 23.3 Å². The molecule has 0 radical (unpaired) electrons. The van der Waals surface area contributed by atoms with Gasteiger partial charge >= 0.3 is 0 Å². The summed E-state index contributed by atoms with van der Waals surface area (Å²) in [5, 5.41) is 5.13. The minimum atomic E-state index is -3.58. The first-order valence-corrected chi connectivity index (χ1v) is 11.8. The first-order chi connectivity index (χ1) is 15.0. The summed E-state index contributed by atoms with van der Waals surface area (Å²) < 4.78 is 32.5. The predicted octanol–water partition coefficient (Wildman–Crippen LogP) is 3.57. The second-order valence-electron chi connectivity index (χ2n) is 7.78. The Labute approximate surface area is 182 Å². The van der Waals surface area contributed by atoms with Gasteiger partial charge in [-0.3, -0.25) is 4.79 Å². The van der Waals surface area contributed by atoms with Crippen LogP contribution in [0.5, 0.6) is 5.75 Å². The highest BCUT2D eigenvalue weighted by molar-refractivity contribution is 7.89. The molecule has 3 aromatic rings. The first kappa shape index (κ1) is 21.3. The molecule has 31 heavy (non-hydrogen) atoms. The Hall–Kier alpha value is -2.90. The molecule has 0 bridgehead atoms. The van der Waals surface area contributed by atoms with Crippen molar-refractivity contribution in [2.75, 3.05) is 20.2 Å². The smallest absolute Gasteiger partial charge is 0.243 e. The number of nitrogens with zero attached hydrogens (tertiary/aromatic N) is 1. The zero-order valence-corrected chi connectivity index (χ0v) is 18.3. The molecule has 1 unspecified atom stereocenters. The second kappa shape index (κ2) is 9.08. The van der Waals surface area contributed by atoms with Crippen molar-refractivity contribution >= 4 is 26.7 Å². The van der Waals surface area contributed by atoms with Crippen LogP contribution < -0.4 is 10.1 Å². The van der Waals surface area contributed by atoms with Crippen molar-refractivity contribution in [3.8, 4) is 5.75 Å². The Balaban J connectivity index is 1.40. The molecule has 1 N–H and O–H groups in total. The van der Waals surface area contributed by atoms with Crippen LogP contribution in [0.2, 0.25) is 0 Å². The Morgan fingerprint density at radius 3 is 2.58 bits per heavy atom. The number of fused-ring (bicyclic) bond motifs is 1. The molecule has 0 spiro atoms. The van der Waals surface area contributed by atoms with Gasteiger partial charge in [-0.15, -0.1) is 0 Å². The highest BCUT2D eigenvalue weighted by Crippen LogP contribution is 2.25. The van der Waals surface area contributed by atoms with Crippen LogP contribution in [0, 0.1) is 5.92 Å². The van der Waals surface area contributed by atoms with Gasteiger partial charge in [-0.2, -0.15) is 4.31 Å². The molecule has 0 aromatic heterocycles. The summed E-state index contributed by atoms with van der Waals surface area (Å²) in [5.74, 6) is 0.348. The highest BCUT2D eigenvalue weighted by atomic mass is 32.2. The zero-order chi connectivity index (χ0) is 21.8. The maximum Gasteiger partial charge on any atom is 0.243 e. The zero-order valence-electron chi connectivity index (χ0n) is 17.5. The molecule has 1 atom stereocenters. The maximum absolute atomic E-state index is 12.9. The topological polar surface area (TPSA) is 75.7 Å². The summed E-state index contributed by atoms with van der Waals surface area (Å²) in [4.78, 5) is 13.0. The molecule has 0 aliphatic carbocycles. The third kappa shape index (κ3) is 4.73. The fraction of sp³-hybridized carbons (Fsp3) is 0.292. The van der Waals surface area contributed by atoms with E-state index in [1.807, 2.05) is 36.4 Å². The van der Waals surface area contributed by atoms with E-state index in [9.17, 15) is 13.2 Å². The van der Waals surface area contributed by atoms with Crippen molar-refractivity contribution in [2.24, 2.45) is 5.92 Å². The standard InChI is InChI=1S/C24H26N2O4S/c1-30-22-12-11-19-14-18(9-10-20(19)15-22)16-25-24(27)21-6-5-13-26(17-21)31(28,29)23-7-3-2-4-8-23/h2-4,7-12,14-15,21H,5-6,13,16-17H2,1H3,(H,25,27). The molecule has 1 aliphatic heterocycles. The van der Waals surface area contributed by atoms with Gasteiger partial charge in [0.1, 0.15) is 5.75 Å². The average molecular weight is 439 g/mol. The van der Waals surface area contributed by atoms with Gasteiger partial charge in [0.15, 0.2) is 0 Å². The van der Waals surface area contributed by atoms with Crippen molar-refractivity contribution in [1.82, 2.24) is 9.62 Å². The normalized spacial score (nSPS) is 17.4. The third-order valence-corrected chi connectivity index (χ3v) is 7.59. The average Bonchev–Trinajstić information content (AvgIpc) is 2.82. The minimum absolute atomic E-state index is 0.109. The van der Waals surface area contributed by atoms with Crippen molar-refractivity contribution in [2.45, 2.75) is 24.3 Å². The number of ether oxygens (including phenoxy) is 1. The number of carbonyl (C=O) groups is 1. The van der Waals surface area contributed by atoms with E-state index >= 15 is 0 Å². The van der Waals surface area contributed by atoms with Gasteiger partial charge in [0.2, 0.25) is 15.9 Å². The molecule has 4 rings (SSSR count). The van der Waals surface area contributed by atoms with Crippen LogP contribution in [-0.4, -0.2) is 38.8 Å². The molecule has 6 nitrogen and oxygen atoms in total. The Morgan fingerprint density at radius 2 is 1.81 bits per heavy atom. The summed E-state index contributed by atoms with van der Waals surface area (Å²) >= 11 is 0. The van der Waals surface area contributed by atoms with Crippen LogP contribution in [0.4, 0.5) is 0 Å². The first-order valence-electron chi connectivity index (χ1n) is 10.4. The molecule has 1 saturated heterocycles. The van der Waals surface area contributed by atoms with Gasteiger partial charge < -0.3 is 10.1 Å². The van der Waals surface area contributed by atoms with Gasteiger partial charge in [0.25, 0.3) is 0 Å². The second-order valence-corrected chi connectivity index (χ2v) is 9.72. The SMILES string of the molecule is COc1ccc2cc(CNC(=O)C3CCCN(S(=O)(=O)c4ccccc4)C3)ccc2c1. The summed E-state index contributed by atoms with van der Waals surface area (Å²) in [6.07, 6.45) is 1.35. The van der Waals surface area contributed by atoms with E-state index in [2.05, 4.69) is 5.32 Å². The molecule has 1 aliphatic rings. The van der Waals surface area contributed by atoms with Gasteiger partial charge in [0, 0.05) is 19.6 Å². The fourth-order valence-electron chi connectivity index (χ4n) is 3.96. The lowest BCUT2D eigenvalue weighted by atomic mass is 9.98. The van der Waals surface area contributed by atoms with E-state index in [1.165, 1.54) is 4.31 Å². The molecule has 0 saturated carbocycles. The van der Waals surface area contributed by atoms with E-state index in [1.54, 1.807) is 37.4 Å². The number of sulfonamides is 1. The minimum Gasteiger partial charge on any atom is -0.497 e. The number of rotatable bonds is 6. The molecule has 1 amide bonds. The highest BCUT2D eigenvalue weighted by Gasteiger charge is 2.33. The Bertz CT molecular complexity index is 1180. The van der Waals surface area contributed by atoms with Crippen molar-refractivity contribution in [3.63, 3.8) is 0 Å². The molecule has 3 aromatic carbocycles. The van der Waals surface area contributed by atoms with E-state index in [0.29, 0.717) is 25.9 Å². The third-order valence-electron chi connectivity index (χ3n) is 5.71. The van der Waals surface area contributed by atoms with E-state index < -0.39 is 10.0 Å². The van der Waals surface area contributed by atoms with Gasteiger partial charge in [-0.25, -0.2) is 8.42 Å². The summed E-state index contributed by atoms with van der Waals surface area (Å²) in [6.45, 7) is 1.05. The lowest BCUT2D eigenvalue weighted by molar-refractivity contribution is -0.126. The van der Waals surface area contributed by atoms with Gasteiger partial charge in [0.05, 0.1) is 17.9 Å². The quantitative estimate of drug-likeness (QED) is 0.639. The van der Waals surface area contributed by atoms with Gasteiger partial charge in [-0.1, -0.05) is 36.4 Å². The van der Waals surface area contributed by atoms with Crippen LogP contribution in [0.15, 0.2) is 71.6 Å². The fourth-order valence-corrected chi connectivity index (χ4v) is 5.50. The lowest BCUT2D eigenvalue weighted by Crippen LogP contribution is -2.45. The molecule has 7 heteroatoms. The summed E-state index contributed by atoms with van der Waals surface area (Å²) in [7, 11) is -1.94. The van der Waals surface area contributed by atoms with Crippen LogP contribution in [-0.2, 0) is 21.4 Å². The number of piperidine rings is 1. The molecular weight excluding hydrogens is 412 g/mol. The predicted molar refractivity (Wildman–Crippen MR) is 120 cm³/mol. The van der Waals surface area contributed by atoms with Crippen LogP contribution >= 0.6 is 0 Å². The Morgan fingerprint density at radius 1 is 1.06 bits per heavy atom. The lowest BCUT2D eigenvalue weighted by Gasteiger charge is -2.31. The summed E-state index contributed by atoms with van der Waals surface area (Å²) in [6, 6.07) is 20.3. The Kier molecular flexibility index (Phi) is 6.25. The van der Waals surface area contributed by atoms with E-state index in [4.69, 9.17) is 4.74 Å². The summed E-state index contributed by atoms with van der Waals surface area (Å²) in [5.41, 5.74) is 0.996. The number of hydrogen-bond acceptors (Lipinski definition) is 4. The molecule has 1 fully saturated rings. The number of benzene rings is 3. The van der Waals surface area contributed by atoms with Crippen LogP contribution in [0.3, 0.4) is 0 Å². The van der Waals surface area contributed by atoms with Crippen molar-refractivity contribution < 1.29 is 17.9 Å². The number of hydrogen-bond donors (Lipinski definition) is 1. The molecule has 1 heterocycles.